The number of nitrogens with two attached hydrogens (primary N) is 1. The van der Waals surface area contributed by atoms with E-state index in [0.29, 0.717) is 11.4 Å². The van der Waals surface area contributed by atoms with Gasteiger partial charge in [-0.3, -0.25) is 0 Å². The summed E-state index contributed by atoms with van der Waals surface area (Å²) in [6, 6.07) is 7.15. The van der Waals surface area contributed by atoms with Crippen molar-refractivity contribution in [1.82, 2.24) is 0 Å². The van der Waals surface area contributed by atoms with Gasteiger partial charge in [-0.1, -0.05) is 18.2 Å². The average Bonchev–Trinajstić information content (AvgIpc) is 2.15. The third kappa shape index (κ3) is 2.91. The van der Waals surface area contributed by atoms with Crippen molar-refractivity contribution < 1.29 is 8.76 Å². The summed E-state index contributed by atoms with van der Waals surface area (Å²) in [6.45, 7) is 0.604. The first kappa shape index (κ1) is 10.4. The van der Waals surface area contributed by atoms with Gasteiger partial charge in [0.25, 0.3) is 0 Å². The molecule has 0 heterocycles. The molecule has 1 aromatic rings. The molecule has 0 saturated carbocycles. The van der Waals surface area contributed by atoms with Crippen LogP contribution in [0.1, 0.15) is 12.0 Å². The van der Waals surface area contributed by atoms with Crippen LogP contribution in [0.2, 0.25) is 0 Å². The van der Waals surface area contributed by atoms with Crippen LogP contribution < -0.4 is 5.73 Å². The molecule has 0 radical (unpaired) electrons. The number of hydrogen-bond donors (Lipinski definition) is 2. The van der Waals surface area contributed by atoms with Gasteiger partial charge in [-0.05, 0) is 31.0 Å². The maximum Gasteiger partial charge on any atom is 0.186 e. The molecule has 13 heavy (non-hydrogen) atoms. The van der Waals surface area contributed by atoms with Gasteiger partial charge >= 0.3 is 0 Å². The molecule has 0 spiro atoms. The third-order valence-electron chi connectivity index (χ3n) is 1.81. The van der Waals surface area contributed by atoms with Gasteiger partial charge in [0, 0.05) is 0 Å². The zero-order valence-electron chi connectivity index (χ0n) is 7.27. The molecule has 0 aliphatic carbocycles. The Bertz CT molecular complexity index is 301. The molecule has 0 aliphatic heterocycles. The molecule has 0 fully saturated rings. The second kappa shape index (κ2) is 5.11. The molecule has 4 heteroatoms. The van der Waals surface area contributed by atoms with Crippen molar-refractivity contribution >= 4 is 11.1 Å². The molecule has 3 nitrogen and oxygen atoms in total. The minimum absolute atomic E-state index is 0.496. The highest BCUT2D eigenvalue weighted by Crippen LogP contribution is 2.13. The van der Waals surface area contributed by atoms with Gasteiger partial charge in [0.05, 0.1) is 4.90 Å². The summed E-state index contributed by atoms with van der Waals surface area (Å²) in [7, 11) is 0. The molecule has 0 bridgehead atoms. The first-order valence-corrected chi connectivity index (χ1v) is 5.25. The van der Waals surface area contributed by atoms with Gasteiger partial charge in [-0.2, -0.15) is 0 Å². The summed E-state index contributed by atoms with van der Waals surface area (Å²) in [5.74, 6) is 0. The highest BCUT2D eigenvalue weighted by atomic mass is 32.2. The Kier molecular flexibility index (Phi) is 4.08. The van der Waals surface area contributed by atoms with Gasteiger partial charge in [0.15, 0.2) is 11.1 Å². The maximum absolute atomic E-state index is 10.9. The number of hydrogen-bond acceptors (Lipinski definition) is 2. The number of rotatable bonds is 4. The van der Waals surface area contributed by atoms with Gasteiger partial charge in [0.1, 0.15) is 0 Å². The molecule has 0 aliphatic rings. The molecule has 1 unspecified atom stereocenters. The molecule has 0 aromatic heterocycles. The van der Waals surface area contributed by atoms with Crippen molar-refractivity contribution in [3.05, 3.63) is 29.8 Å². The lowest BCUT2D eigenvalue weighted by atomic mass is 10.1. The summed E-state index contributed by atoms with van der Waals surface area (Å²) in [5, 5.41) is 0. The van der Waals surface area contributed by atoms with Gasteiger partial charge < -0.3 is 10.3 Å². The largest absolute Gasteiger partial charge is 0.330 e. The van der Waals surface area contributed by atoms with E-state index in [0.717, 1.165) is 18.4 Å². The van der Waals surface area contributed by atoms with E-state index in [4.69, 9.17) is 10.3 Å². The maximum atomic E-state index is 10.9. The predicted molar refractivity (Wildman–Crippen MR) is 52.9 cm³/mol. The first-order valence-electron chi connectivity index (χ1n) is 4.14. The minimum atomic E-state index is -1.88. The Balaban J connectivity index is 2.84. The van der Waals surface area contributed by atoms with E-state index in [-0.39, 0.29) is 0 Å². The lowest BCUT2D eigenvalue weighted by molar-refractivity contribution is 0.563. The van der Waals surface area contributed by atoms with Crippen molar-refractivity contribution in [3.8, 4) is 0 Å². The zero-order valence-corrected chi connectivity index (χ0v) is 8.09. The van der Waals surface area contributed by atoms with Gasteiger partial charge in [-0.25, -0.2) is 4.21 Å². The topological polar surface area (TPSA) is 63.3 Å². The molecule has 0 amide bonds. The second-order valence-electron chi connectivity index (χ2n) is 2.75. The fourth-order valence-corrected chi connectivity index (χ4v) is 1.76. The van der Waals surface area contributed by atoms with Gasteiger partial charge in [0.2, 0.25) is 0 Å². The monoisotopic (exact) mass is 199 g/mol. The van der Waals surface area contributed by atoms with Crippen LogP contribution in [0, 0.1) is 0 Å². The average molecular weight is 199 g/mol. The third-order valence-corrected chi connectivity index (χ3v) is 2.59. The summed E-state index contributed by atoms with van der Waals surface area (Å²) < 4.78 is 19.8. The van der Waals surface area contributed by atoms with Crippen LogP contribution in [0.4, 0.5) is 0 Å². The van der Waals surface area contributed by atoms with Crippen molar-refractivity contribution in [2.75, 3.05) is 6.54 Å². The molecule has 3 N–H and O–H groups in total. The van der Waals surface area contributed by atoms with Crippen molar-refractivity contribution in [1.29, 1.82) is 0 Å². The highest BCUT2D eigenvalue weighted by Gasteiger charge is 2.05. The van der Waals surface area contributed by atoms with Crippen LogP contribution in [0.5, 0.6) is 0 Å². The quantitative estimate of drug-likeness (QED) is 0.715. The van der Waals surface area contributed by atoms with E-state index in [9.17, 15) is 4.21 Å². The van der Waals surface area contributed by atoms with E-state index in [1.807, 2.05) is 12.1 Å². The fourth-order valence-electron chi connectivity index (χ4n) is 1.17. The summed E-state index contributed by atoms with van der Waals surface area (Å²) in [6.07, 6.45) is 1.60. The van der Waals surface area contributed by atoms with Crippen LogP contribution in [0.3, 0.4) is 0 Å². The van der Waals surface area contributed by atoms with E-state index < -0.39 is 11.1 Å². The lowest BCUT2D eigenvalue weighted by Crippen LogP contribution is -2.02. The van der Waals surface area contributed by atoms with Crippen molar-refractivity contribution in [3.63, 3.8) is 0 Å². The zero-order chi connectivity index (χ0) is 9.68. The lowest BCUT2D eigenvalue weighted by Gasteiger charge is -2.04. The van der Waals surface area contributed by atoms with E-state index >= 15 is 0 Å². The van der Waals surface area contributed by atoms with E-state index in [1.54, 1.807) is 12.1 Å². The van der Waals surface area contributed by atoms with Crippen molar-refractivity contribution in [2.24, 2.45) is 5.73 Å². The van der Waals surface area contributed by atoms with E-state index in [1.165, 1.54) is 0 Å². The normalized spacial score (nSPS) is 12.8. The van der Waals surface area contributed by atoms with Crippen LogP contribution in [-0.4, -0.2) is 15.3 Å². The van der Waals surface area contributed by atoms with Crippen LogP contribution >= 0.6 is 0 Å². The summed E-state index contributed by atoms with van der Waals surface area (Å²) in [5.41, 5.74) is 6.28. The first-order chi connectivity index (χ1) is 6.25. The van der Waals surface area contributed by atoms with Gasteiger partial charge in [-0.15, -0.1) is 0 Å². The summed E-state index contributed by atoms with van der Waals surface area (Å²) in [4.78, 5) is 0.496. The van der Waals surface area contributed by atoms with Crippen LogP contribution in [0.25, 0.3) is 0 Å². The highest BCUT2D eigenvalue weighted by molar-refractivity contribution is 7.79. The molecule has 0 saturated heterocycles. The number of aryl methyl sites for hydroxylation is 1. The minimum Gasteiger partial charge on any atom is -0.330 e. The van der Waals surface area contributed by atoms with Crippen LogP contribution in [-0.2, 0) is 17.5 Å². The smallest absolute Gasteiger partial charge is 0.186 e. The molecule has 1 atom stereocenters. The van der Waals surface area contributed by atoms with Crippen LogP contribution in [0.15, 0.2) is 29.2 Å². The molecule has 1 rings (SSSR count). The Morgan fingerprint density at radius 2 is 2.08 bits per heavy atom. The van der Waals surface area contributed by atoms with E-state index in [2.05, 4.69) is 0 Å². The second-order valence-corrected chi connectivity index (χ2v) is 3.69. The Labute approximate surface area is 80.2 Å². The predicted octanol–water partition coefficient (Wildman–Crippen LogP) is 1.16. The molecule has 1 aromatic carbocycles. The summed E-state index contributed by atoms with van der Waals surface area (Å²) >= 11 is -1.88. The molecular weight excluding hydrogens is 186 g/mol. The standard InChI is InChI=1S/C9H13NO2S/c10-7-3-5-8-4-1-2-6-9(8)13(11)12/h1-2,4,6H,3,5,7,10H2,(H,11,12). The van der Waals surface area contributed by atoms with Crippen molar-refractivity contribution in [2.45, 2.75) is 17.7 Å². The Morgan fingerprint density at radius 1 is 1.38 bits per heavy atom. The fraction of sp³-hybridized carbons (Fsp3) is 0.333. The number of benzene rings is 1. The SMILES string of the molecule is NCCCc1ccccc1S(=O)O. The molecule has 72 valence electrons. The Hall–Kier alpha value is -0.710. The Morgan fingerprint density at radius 3 is 2.69 bits per heavy atom. The molecular formula is C9H13NO2S.